The molecule has 1 aliphatic carbocycles. The van der Waals surface area contributed by atoms with Crippen LogP contribution in [0.15, 0.2) is 59.8 Å². The van der Waals surface area contributed by atoms with Crippen LogP contribution in [-0.2, 0) is 11.6 Å². The van der Waals surface area contributed by atoms with Crippen molar-refractivity contribution in [2.75, 3.05) is 13.7 Å². The minimum atomic E-state index is -4.94. The third kappa shape index (κ3) is 6.04. The Labute approximate surface area is 205 Å². The number of alkyl halides is 3. The van der Waals surface area contributed by atoms with Crippen molar-refractivity contribution >= 4 is 11.9 Å². The third-order valence-corrected chi connectivity index (χ3v) is 6.18. The number of amides is 1. The van der Waals surface area contributed by atoms with E-state index in [-0.39, 0.29) is 6.54 Å². The summed E-state index contributed by atoms with van der Waals surface area (Å²) in [6, 6.07) is 7.46. The van der Waals surface area contributed by atoms with Gasteiger partial charge >= 0.3 is 6.18 Å². The highest BCUT2D eigenvalue weighted by Crippen LogP contribution is 2.40. The van der Waals surface area contributed by atoms with Crippen molar-refractivity contribution in [3.63, 3.8) is 0 Å². The van der Waals surface area contributed by atoms with E-state index >= 15 is 0 Å². The number of aliphatic imine (C=N–C) groups is 1. The van der Waals surface area contributed by atoms with Crippen LogP contribution in [0.1, 0.15) is 53.7 Å². The number of hydrogen-bond donors (Lipinski definition) is 3. The Morgan fingerprint density at radius 3 is 2.44 bits per heavy atom. The normalized spacial score (nSPS) is 16.5. The van der Waals surface area contributed by atoms with Gasteiger partial charge in [0.25, 0.3) is 5.91 Å². The number of aromatic nitrogens is 2. The number of benzene rings is 1. The van der Waals surface area contributed by atoms with Gasteiger partial charge in [0.05, 0.1) is 24.6 Å². The van der Waals surface area contributed by atoms with Crippen LogP contribution >= 0.6 is 0 Å². The van der Waals surface area contributed by atoms with Crippen molar-refractivity contribution in [3.05, 3.63) is 71.6 Å². The molecule has 3 rings (SSSR count). The average Bonchev–Trinajstić information content (AvgIpc) is 3.33. The topological polar surface area (TPSA) is 121 Å². The number of nitrogens with zero attached hydrogens (tertiary/aromatic N) is 3. The summed E-state index contributed by atoms with van der Waals surface area (Å²) in [6.45, 7) is 3.30. The Morgan fingerprint density at radius 1 is 1.25 bits per heavy atom. The lowest BCUT2D eigenvalue weighted by atomic mass is 9.69. The van der Waals surface area contributed by atoms with Crippen LogP contribution in [-0.4, -0.2) is 35.3 Å². The number of nitrogens with one attached hydrogen (secondary N) is 1. The standard InChI is InChI=1S/C24H28F4N6O2/c1-15(29)19(25)12-31-22(30)34-13-18(20(33-34)24(26,27)28)21(35)32-14-23(10-4-3-5-11-23)16-6-8-17(36-2)9-7-16/h6-9,12-13H,1,3-5,10-11,14,29H2,2H3,(H2,30,31)(H,32,35)/b19-12+. The van der Waals surface area contributed by atoms with Gasteiger partial charge in [-0.1, -0.05) is 38.0 Å². The van der Waals surface area contributed by atoms with Gasteiger partial charge < -0.3 is 21.5 Å². The Bertz CT molecular complexity index is 1160. The lowest BCUT2D eigenvalue weighted by molar-refractivity contribution is -0.141. The van der Waals surface area contributed by atoms with Gasteiger partial charge in [-0.3, -0.25) is 4.79 Å². The Kier molecular flexibility index (Phi) is 8.06. The summed E-state index contributed by atoms with van der Waals surface area (Å²) in [4.78, 5) is 16.5. The zero-order valence-corrected chi connectivity index (χ0v) is 19.7. The van der Waals surface area contributed by atoms with E-state index in [1.807, 2.05) is 24.3 Å². The number of halogens is 4. The molecule has 194 valence electrons. The number of rotatable bonds is 7. The highest BCUT2D eigenvalue weighted by Gasteiger charge is 2.40. The quantitative estimate of drug-likeness (QED) is 0.226. The number of methoxy groups -OCH3 is 1. The van der Waals surface area contributed by atoms with Crippen molar-refractivity contribution in [1.29, 1.82) is 0 Å². The second-order valence-corrected chi connectivity index (χ2v) is 8.58. The van der Waals surface area contributed by atoms with Gasteiger partial charge in [0, 0.05) is 18.2 Å². The van der Waals surface area contributed by atoms with Crippen LogP contribution in [0.3, 0.4) is 0 Å². The zero-order valence-electron chi connectivity index (χ0n) is 19.7. The van der Waals surface area contributed by atoms with Crippen LogP contribution in [0.25, 0.3) is 0 Å². The molecule has 1 amide bonds. The predicted octanol–water partition coefficient (Wildman–Crippen LogP) is 3.99. The van der Waals surface area contributed by atoms with Gasteiger partial charge in [-0.2, -0.15) is 18.3 Å². The summed E-state index contributed by atoms with van der Waals surface area (Å²) in [6.07, 6.45) is 0.907. The molecule has 8 nitrogen and oxygen atoms in total. The molecule has 1 saturated carbocycles. The molecule has 1 heterocycles. The van der Waals surface area contributed by atoms with E-state index in [1.165, 1.54) is 0 Å². The van der Waals surface area contributed by atoms with Gasteiger partial charge in [0.2, 0.25) is 5.96 Å². The van der Waals surface area contributed by atoms with E-state index in [9.17, 15) is 22.4 Å². The van der Waals surface area contributed by atoms with Crippen molar-refractivity contribution in [2.24, 2.45) is 16.5 Å². The number of hydrogen-bond acceptors (Lipinski definition) is 5. The van der Waals surface area contributed by atoms with Gasteiger partial charge in [-0.25, -0.2) is 14.1 Å². The zero-order chi connectivity index (χ0) is 26.5. The predicted molar refractivity (Wildman–Crippen MR) is 127 cm³/mol. The summed E-state index contributed by atoms with van der Waals surface area (Å²) in [5.41, 5.74) is 8.76. The lowest BCUT2D eigenvalue weighted by Crippen LogP contribution is -2.42. The smallest absolute Gasteiger partial charge is 0.435 e. The molecule has 36 heavy (non-hydrogen) atoms. The molecule has 2 aromatic rings. The highest BCUT2D eigenvalue weighted by molar-refractivity contribution is 5.96. The molecule has 12 heteroatoms. The van der Waals surface area contributed by atoms with E-state index in [1.54, 1.807) is 7.11 Å². The maximum atomic E-state index is 13.7. The van der Waals surface area contributed by atoms with Crippen LogP contribution in [0.5, 0.6) is 5.75 Å². The van der Waals surface area contributed by atoms with Crippen LogP contribution in [0, 0.1) is 0 Å². The molecule has 1 aromatic carbocycles. The Hall–Kier alpha value is -3.83. The molecule has 5 N–H and O–H groups in total. The first-order valence-corrected chi connectivity index (χ1v) is 11.2. The van der Waals surface area contributed by atoms with Crippen LogP contribution in [0.4, 0.5) is 17.6 Å². The maximum absolute atomic E-state index is 13.7. The first kappa shape index (κ1) is 26.8. The van der Waals surface area contributed by atoms with E-state index in [0.29, 0.717) is 16.6 Å². The second kappa shape index (κ2) is 10.8. The Balaban J connectivity index is 1.88. The maximum Gasteiger partial charge on any atom is 0.435 e. The van der Waals surface area contributed by atoms with Gasteiger partial charge in [-0.05, 0) is 30.5 Å². The highest BCUT2D eigenvalue weighted by atomic mass is 19.4. The van der Waals surface area contributed by atoms with Gasteiger partial charge in [0.15, 0.2) is 11.5 Å². The summed E-state index contributed by atoms with van der Waals surface area (Å²) in [5, 5.41) is 6.03. The number of carbonyl (C=O) groups is 1. The number of carbonyl (C=O) groups excluding carboxylic acids is 1. The molecular weight excluding hydrogens is 480 g/mol. The molecule has 0 aliphatic heterocycles. The number of nitrogens with two attached hydrogens (primary N) is 2. The first-order chi connectivity index (χ1) is 17.0. The molecule has 1 aliphatic rings. The first-order valence-electron chi connectivity index (χ1n) is 11.2. The van der Waals surface area contributed by atoms with Crippen LogP contribution < -0.4 is 21.5 Å². The molecule has 0 atom stereocenters. The second-order valence-electron chi connectivity index (χ2n) is 8.58. The molecule has 0 spiro atoms. The largest absolute Gasteiger partial charge is 0.497 e. The lowest BCUT2D eigenvalue weighted by Gasteiger charge is -2.38. The summed E-state index contributed by atoms with van der Waals surface area (Å²) in [5.74, 6) is -1.90. The van der Waals surface area contributed by atoms with Gasteiger partial charge in [0.1, 0.15) is 5.75 Å². The van der Waals surface area contributed by atoms with E-state index in [2.05, 4.69) is 22.0 Å². The monoisotopic (exact) mass is 508 g/mol. The van der Waals surface area contributed by atoms with Crippen molar-refractivity contribution in [1.82, 2.24) is 15.1 Å². The molecule has 0 unspecified atom stereocenters. The molecule has 0 bridgehead atoms. The van der Waals surface area contributed by atoms with Crippen molar-refractivity contribution in [2.45, 2.75) is 43.7 Å². The molecule has 0 saturated heterocycles. The SMILES string of the molecule is C=C(N)/C(F)=C\N=C(/N)n1cc(C(=O)NCC2(c3ccc(OC)cc3)CCCCC2)c(C(F)(F)F)n1. The van der Waals surface area contributed by atoms with Crippen molar-refractivity contribution < 1.29 is 27.1 Å². The molecule has 0 radical (unpaired) electrons. The fraction of sp³-hybridized carbons (Fsp3) is 0.375. The van der Waals surface area contributed by atoms with Crippen LogP contribution in [0.2, 0.25) is 0 Å². The molecular formula is C24H28F4N6O2. The number of ether oxygens (including phenoxy) is 1. The minimum Gasteiger partial charge on any atom is -0.497 e. The number of allylic oxidation sites excluding steroid dienone is 1. The van der Waals surface area contributed by atoms with E-state index in [0.717, 1.165) is 43.9 Å². The van der Waals surface area contributed by atoms with Crippen molar-refractivity contribution in [3.8, 4) is 5.75 Å². The summed E-state index contributed by atoms with van der Waals surface area (Å²) >= 11 is 0. The Morgan fingerprint density at radius 2 is 1.89 bits per heavy atom. The van der Waals surface area contributed by atoms with E-state index < -0.39 is 46.2 Å². The summed E-state index contributed by atoms with van der Waals surface area (Å²) < 4.78 is 60.3. The average molecular weight is 509 g/mol. The minimum absolute atomic E-state index is 0.136. The third-order valence-electron chi connectivity index (χ3n) is 6.18. The van der Waals surface area contributed by atoms with Gasteiger partial charge in [-0.15, -0.1) is 0 Å². The summed E-state index contributed by atoms with van der Waals surface area (Å²) in [7, 11) is 1.56. The van der Waals surface area contributed by atoms with E-state index in [4.69, 9.17) is 16.2 Å². The molecule has 1 fully saturated rings. The molecule has 1 aromatic heterocycles. The fourth-order valence-electron chi connectivity index (χ4n) is 4.22. The fourth-order valence-corrected chi connectivity index (χ4v) is 4.22.